The van der Waals surface area contributed by atoms with Gasteiger partial charge in [-0.15, -0.1) is 11.3 Å². The van der Waals surface area contributed by atoms with E-state index in [9.17, 15) is 9.59 Å². The van der Waals surface area contributed by atoms with E-state index in [4.69, 9.17) is 4.74 Å². The first-order valence-electron chi connectivity index (χ1n) is 11.6. The lowest BCUT2D eigenvalue weighted by Gasteiger charge is -2.22. The van der Waals surface area contributed by atoms with Gasteiger partial charge in [-0.25, -0.2) is 14.7 Å². The van der Waals surface area contributed by atoms with Gasteiger partial charge in [0, 0.05) is 46.8 Å². The van der Waals surface area contributed by atoms with Gasteiger partial charge in [0.1, 0.15) is 12.4 Å². The molecule has 0 aliphatic rings. The molecule has 3 aromatic heterocycles. The van der Waals surface area contributed by atoms with Gasteiger partial charge in [-0.3, -0.25) is 9.48 Å². The molecule has 0 aliphatic carbocycles. The third-order valence-electron chi connectivity index (χ3n) is 5.38. The van der Waals surface area contributed by atoms with Crippen LogP contribution in [0, 0.1) is 0 Å². The molecule has 3 heterocycles. The predicted octanol–water partition coefficient (Wildman–Crippen LogP) is 5.77. The summed E-state index contributed by atoms with van der Waals surface area (Å²) in [7, 11) is 1.80. The highest BCUT2D eigenvalue weighted by Gasteiger charge is 2.23. The van der Waals surface area contributed by atoms with Crippen LogP contribution in [0.4, 0.5) is 33.8 Å². The van der Waals surface area contributed by atoms with E-state index in [1.165, 1.54) is 17.2 Å². The van der Waals surface area contributed by atoms with Crippen molar-refractivity contribution in [1.29, 1.82) is 0 Å². The summed E-state index contributed by atoms with van der Waals surface area (Å²) in [6.45, 7) is 3.57. The Hall–Kier alpha value is -5.03. The van der Waals surface area contributed by atoms with E-state index in [2.05, 4.69) is 32.3 Å². The second-order valence-corrected chi connectivity index (χ2v) is 9.29. The fourth-order valence-electron chi connectivity index (χ4n) is 3.68. The molecule has 0 unspecified atom stereocenters. The number of amides is 2. The molecule has 0 spiro atoms. The molecule has 0 bridgehead atoms. The molecule has 0 saturated heterocycles. The van der Waals surface area contributed by atoms with E-state index in [1.54, 1.807) is 65.7 Å². The van der Waals surface area contributed by atoms with Crippen molar-refractivity contribution in [1.82, 2.24) is 19.7 Å². The van der Waals surface area contributed by atoms with Gasteiger partial charge in [-0.2, -0.15) is 10.1 Å². The summed E-state index contributed by atoms with van der Waals surface area (Å²) in [5.41, 5.74) is 0.922. The number of rotatable bonds is 8. The minimum atomic E-state index is -0.642. The van der Waals surface area contributed by atoms with Gasteiger partial charge < -0.3 is 15.4 Å². The van der Waals surface area contributed by atoms with Gasteiger partial charge in [0.25, 0.3) is 0 Å². The summed E-state index contributed by atoms with van der Waals surface area (Å²) >= 11 is 1.56. The number of carbonyl (C=O) groups excluding carboxylic acids is 2. The maximum Gasteiger partial charge on any atom is 0.420 e. The van der Waals surface area contributed by atoms with E-state index in [1.807, 2.05) is 30.3 Å². The fourth-order valence-corrected chi connectivity index (χ4v) is 4.66. The second kappa shape index (κ2) is 10.9. The van der Waals surface area contributed by atoms with E-state index in [-0.39, 0.29) is 24.3 Å². The molecular formula is C27H23N7O3S. The zero-order chi connectivity index (χ0) is 26.5. The number of hydrogen-bond donors (Lipinski definition) is 2. The quantitative estimate of drug-likeness (QED) is 0.247. The second-order valence-electron chi connectivity index (χ2n) is 8.12. The first-order chi connectivity index (χ1) is 18.5. The van der Waals surface area contributed by atoms with Crippen molar-refractivity contribution in [2.24, 2.45) is 7.05 Å². The number of hydrogen-bond acceptors (Lipinski definition) is 8. The summed E-state index contributed by atoms with van der Waals surface area (Å²) in [5.74, 6) is 0.703. The van der Waals surface area contributed by atoms with Crippen molar-refractivity contribution in [2.45, 2.75) is 6.61 Å². The summed E-state index contributed by atoms with van der Waals surface area (Å²) < 4.78 is 8.49. The number of carbonyl (C=O) groups is 2. The normalized spacial score (nSPS) is 10.7. The molecule has 2 N–H and O–H groups in total. The van der Waals surface area contributed by atoms with Gasteiger partial charge in [0.15, 0.2) is 5.82 Å². The summed E-state index contributed by atoms with van der Waals surface area (Å²) in [4.78, 5) is 36.4. The lowest BCUT2D eigenvalue weighted by Crippen LogP contribution is -2.28. The Bertz CT molecular complexity index is 1590. The number of benzene rings is 2. The highest BCUT2D eigenvalue weighted by atomic mass is 32.1. The van der Waals surface area contributed by atoms with Gasteiger partial charge in [0.2, 0.25) is 11.9 Å². The van der Waals surface area contributed by atoms with E-state index in [0.717, 1.165) is 15.0 Å². The lowest BCUT2D eigenvalue weighted by molar-refractivity contribution is -0.111. The fraction of sp³-hybridized carbons (Fsp3) is 0.0741. The maximum atomic E-state index is 13.5. The first kappa shape index (κ1) is 24.7. The van der Waals surface area contributed by atoms with Gasteiger partial charge in [0.05, 0.1) is 5.69 Å². The van der Waals surface area contributed by atoms with Crippen LogP contribution in [0.25, 0.3) is 10.1 Å². The molecule has 0 aliphatic heterocycles. The Balaban J connectivity index is 1.45. The number of nitrogens with zero attached hydrogens (tertiary/aromatic N) is 5. The number of fused-ring (bicyclic) bond motifs is 1. The van der Waals surface area contributed by atoms with Crippen LogP contribution in [0.2, 0.25) is 0 Å². The van der Waals surface area contributed by atoms with Crippen molar-refractivity contribution >= 4 is 62.4 Å². The summed E-state index contributed by atoms with van der Waals surface area (Å²) in [6, 6.07) is 20.2. The molecule has 5 rings (SSSR count). The highest BCUT2D eigenvalue weighted by Crippen LogP contribution is 2.30. The number of ether oxygens (including phenoxy) is 1. The topological polar surface area (TPSA) is 114 Å². The predicted molar refractivity (Wildman–Crippen MR) is 148 cm³/mol. The van der Waals surface area contributed by atoms with Crippen molar-refractivity contribution in [3.05, 3.63) is 96.7 Å². The number of thiophene rings is 1. The highest BCUT2D eigenvalue weighted by molar-refractivity contribution is 7.19. The minimum absolute atomic E-state index is 0.0890. The molecule has 2 amide bonds. The smallest absolute Gasteiger partial charge is 0.420 e. The van der Waals surface area contributed by atoms with Crippen LogP contribution in [0.1, 0.15) is 4.88 Å². The largest absolute Gasteiger partial charge is 0.443 e. The molecule has 5 aromatic rings. The molecule has 0 saturated carbocycles. The number of nitrogens with one attached hydrogen (secondary N) is 2. The standard InChI is InChI=1S/C27H23N7O3S/c1-3-25(35)29-19-8-6-9-20(16-19)34(24-11-13-28-26(31-24)30-23-12-14-33(2)32-23)27(36)37-17-21-15-18-7-4-5-10-22(18)38-21/h3-16H,1,17H2,2H3,(H,29,35)(H,28,30,31,32). The molecule has 0 atom stereocenters. The van der Waals surface area contributed by atoms with E-state index >= 15 is 0 Å². The summed E-state index contributed by atoms with van der Waals surface area (Å²) in [6.07, 6.45) is 3.84. The SMILES string of the molecule is C=CC(=O)Nc1cccc(N(C(=O)OCc2cc3ccccc3s2)c2ccnc(Nc3ccn(C)n3)n2)c1. The van der Waals surface area contributed by atoms with Crippen LogP contribution in [0.15, 0.2) is 91.8 Å². The number of aryl methyl sites for hydroxylation is 1. The molecule has 0 fully saturated rings. The molecule has 2 aromatic carbocycles. The van der Waals surface area contributed by atoms with Crippen molar-refractivity contribution in [2.75, 3.05) is 15.5 Å². The molecule has 0 radical (unpaired) electrons. The van der Waals surface area contributed by atoms with Crippen LogP contribution in [0.5, 0.6) is 0 Å². The van der Waals surface area contributed by atoms with Crippen LogP contribution in [0.3, 0.4) is 0 Å². The van der Waals surface area contributed by atoms with Crippen LogP contribution >= 0.6 is 11.3 Å². The Kier molecular flexibility index (Phi) is 7.09. The first-order valence-corrected chi connectivity index (χ1v) is 12.4. The van der Waals surface area contributed by atoms with Gasteiger partial charge >= 0.3 is 6.09 Å². The molecule has 190 valence electrons. The Morgan fingerprint density at radius 3 is 2.79 bits per heavy atom. The molecule has 38 heavy (non-hydrogen) atoms. The third-order valence-corrected chi connectivity index (χ3v) is 6.47. The number of anilines is 5. The lowest BCUT2D eigenvalue weighted by atomic mass is 10.2. The molecular weight excluding hydrogens is 502 g/mol. The monoisotopic (exact) mass is 525 g/mol. The summed E-state index contributed by atoms with van der Waals surface area (Å²) in [5, 5.41) is 11.1. The van der Waals surface area contributed by atoms with Crippen molar-refractivity contribution in [3.8, 4) is 0 Å². The van der Waals surface area contributed by atoms with Crippen LogP contribution in [-0.2, 0) is 23.2 Å². The van der Waals surface area contributed by atoms with Crippen molar-refractivity contribution < 1.29 is 14.3 Å². The Morgan fingerprint density at radius 2 is 2.00 bits per heavy atom. The van der Waals surface area contributed by atoms with E-state index in [0.29, 0.717) is 17.2 Å². The average Bonchev–Trinajstić information content (AvgIpc) is 3.53. The number of aromatic nitrogens is 4. The Morgan fingerprint density at radius 1 is 1.13 bits per heavy atom. The Labute approximate surface area is 222 Å². The molecule has 11 heteroatoms. The van der Waals surface area contributed by atoms with Gasteiger partial charge in [-0.05, 0) is 41.8 Å². The van der Waals surface area contributed by atoms with Gasteiger partial charge in [-0.1, -0.05) is 30.8 Å². The van der Waals surface area contributed by atoms with Crippen LogP contribution in [-0.4, -0.2) is 31.7 Å². The third kappa shape index (κ3) is 5.68. The average molecular weight is 526 g/mol. The van der Waals surface area contributed by atoms with Crippen LogP contribution < -0.4 is 15.5 Å². The molecule has 10 nitrogen and oxygen atoms in total. The minimum Gasteiger partial charge on any atom is -0.443 e. The zero-order valence-corrected chi connectivity index (χ0v) is 21.2. The maximum absolute atomic E-state index is 13.5. The zero-order valence-electron chi connectivity index (χ0n) is 20.4. The van der Waals surface area contributed by atoms with E-state index < -0.39 is 6.09 Å². The van der Waals surface area contributed by atoms with Crippen molar-refractivity contribution in [3.63, 3.8) is 0 Å².